The van der Waals surface area contributed by atoms with E-state index in [-0.39, 0.29) is 5.97 Å². The molecule has 1 aromatic rings. The second kappa shape index (κ2) is 9.12. The Kier molecular flexibility index (Phi) is 6.86. The van der Waals surface area contributed by atoms with Crippen LogP contribution >= 0.6 is 23.6 Å². The first-order valence-electron chi connectivity index (χ1n) is 9.41. The van der Waals surface area contributed by atoms with E-state index < -0.39 is 0 Å². The normalized spacial score (nSPS) is 18.7. The van der Waals surface area contributed by atoms with Crippen LogP contribution in [0.3, 0.4) is 0 Å². The van der Waals surface area contributed by atoms with Crippen molar-refractivity contribution in [3.05, 3.63) is 16.0 Å². The van der Waals surface area contributed by atoms with Gasteiger partial charge in [0.1, 0.15) is 5.00 Å². The molecule has 0 spiro atoms. The molecule has 0 amide bonds. The van der Waals surface area contributed by atoms with Crippen molar-refractivity contribution >= 4 is 39.6 Å². The zero-order chi connectivity index (χ0) is 18.5. The molecule has 1 aliphatic carbocycles. The molecule has 0 radical (unpaired) electrons. The van der Waals surface area contributed by atoms with Gasteiger partial charge in [-0.15, -0.1) is 11.3 Å². The van der Waals surface area contributed by atoms with Gasteiger partial charge in [0.15, 0.2) is 5.11 Å². The van der Waals surface area contributed by atoms with E-state index >= 15 is 0 Å². The average molecular weight is 397 g/mol. The molecule has 1 aromatic heterocycles. The van der Waals surface area contributed by atoms with Crippen LogP contribution in [0.25, 0.3) is 0 Å². The summed E-state index contributed by atoms with van der Waals surface area (Å²) in [4.78, 5) is 16.2. The van der Waals surface area contributed by atoms with Gasteiger partial charge in [0, 0.05) is 31.1 Å². The maximum absolute atomic E-state index is 12.6. The first-order chi connectivity index (χ1) is 12.6. The largest absolute Gasteiger partial charge is 0.462 e. The minimum absolute atomic E-state index is 0.239. The topological polar surface area (TPSA) is 56.8 Å². The van der Waals surface area contributed by atoms with Crippen molar-refractivity contribution in [2.45, 2.75) is 39.0 Å². The smallest absolute Gasteiger partial charge is 0.341 e. The second-order valence-corrected chi connectivity index (χ2v) is 8.36. The van der Waals surface area contributed by atoms with Gasteiger partial charge < -0.3 is 15.0 Å². The lowest BCUT2D eigenvalue weighted by Gasteiger charge is -2.33. The Hall–Kier alpha value is -1.22. The molecule has 8 heteroatoms. The van der Waals surface area contributed by atoms with Crippen LogP contribution in [0.2, 0.25) is 0 Å². The average Bonchev–Trinajstić information content (AvgIpc) is 2.78. The number of fused-ring (bicyclic) bond motifs is 1. The van der Waals surface area contributed by atoms with Gasteiger partial charge >= 0.3 is 5.97 Å². The highest BCUT2D eigenvalue weighted by Gasteiger charge is 2.26. The van der Waals surface area contributed by atoms with E-state index in [1.807, 2.05) is 6.92 Å². The molecule has 144 valence electrons. The SMILES string of the molecule is CCOC(=O)c1c(NC(=S)NN2CCN(C)CC2)sc2c1CCCCC2. The molecular formula is C18H28N4O2S2. The number of aryl methyl sites for hydroxylation is 1. The fourth-order valence-corrected chi connectivity index (χ4v) is 5.02. The van der Waals surface area contributed by atoms with Crippen molar-refractivity contribution in [1.29, 1.82) is 0 Å². The number of nitrogens with zero attached hydrogens (tertiary/aromatic N) is 2. The maximum Gasteiger partial charge on any atom is 0.341 e. The number of thiophene rings is 1. The Labute approximate surface area is 164 Å². The van der Waals surface area contributed by atoms with Gasteiger partial charge in [-0.2, -0.15) is 0 Å². The van der Waals surface area contributed by atoms with Gasteiger partial charge in [0.05, 0.1) is 12.2 Å². The molecule has 26 heavy (non-hydrogen) atoms. The van der Waals surface area contributed by atoms with Crippen LogP contribution in [0, 0.1) is 0 Å². The summed E-state index contributed by atoms with van der Waals surface area (Å²) in [6.45, 7) is 6.09. The number of hydrogen-bond donors (Lipinski definition) is 2. The number of nitrogens with one attached hydrogen (secondary N) is 2. The molecule has 0 unspecified atom stereocenters. The van der Waals surface area contributed by atoms with Crippen molar-refractivity contribution in [2.75, 3.05) is 45.2 Å². The van der Waals surface area contributed by atoms with Crippen molar-refractivity contribution in [3.63, 3.8) is 0 Å². The summed E-state index contributed by atoms with van der Waals surface area (Å²) in [5.41, 5.74) is 5.11. The van der Waals surface area contributed by atoms with Crippen LogP contribution in [-0.2, 0) is 17.6 Å². The van der Waals surface area contributed by atoms with Crippen molar-refractivity contribution < 1.29 is 9.53 Å². The number of likely N-dealkylation sites (N-methyl/N-ethyl adjacent to an activating group) is 1. The Morgan fingerprint density at radius 2 is 1.92 bits per heavy atom. The Balaban J connectivity index is 1.73. The summed E-state index contributed by atoms with van der Waals surface area (Å²) in [6, 6.07) is 0. The molecule has 1 aliphatic heterocycles. The summed E-state index contributed by atoms with van der Waals surface area (Å²) >= 11 is 7.16. The number of thiocarbonyl (C=S) groups is 1. The van der Waals surface area contributed by atoms with Crippen LogP contribution in [0.4, 0.5) is 5.00 Å². The number of carbonyl (C=O) groups is 1. The standard InChI is InChI=1S/C18H28N4O2S2/c1-3-24-17(23)15-13-7-5-4-6-8-14(13)26-16(15)19-18(25)20-22-11-9-21(2)10-12-22/h3-12H2,1-2H3,(H2,19,20,25). The number of ether oxygens (including phenoxy) is 1. The molecule has 2 aliphatic rings. The molecule has 1 saturated heterocycles. The molecule has 2 N–H and O–H groups in total. The van der Waals surface area contributed by atoms with Crippen molar-refractivity contribution in [3.8, 4) is 0 Å². The third-order valence-electron chi connectivity index (χ3n) is 4.89. The first kappa shape index (κ1) is 19.5. The molecule has 0 aromatic carbocycles. The number of anilines is 1. The lowest BCUT2D eigenvalue weighted by atomic mass is 10.1. The first-order valence-corrected chi connectivity index (χ1v) is 10.6. The number of rotatable bonds is 4. The van der Waals surface area contributed by atoms with Gasteiger partial charge in [0.25, 0.3) is 0 Å². The molecule has 6 nitrogen and oxygen atoms in total. The Morgan fingerprint density at radius 3 is 2.65 bits per heavy atom. The summed E-state index contributed by atoms with van der Waals surface area (Å²) in [6.07, 6.45) is 5.50. The van der Waals surface area contributed by atoms with E-state index in [2.05, 4.69) is 27.7 Å². The Morgan fingerprint density at radius 1 is 1.19 bits per heavy atom. The minimum Gasteiger partial charge on any atom is -0.462 e. The van der Waals surface area contributed by atoms with Gasteiger partial charge in [-0.1, -0.05) is 6.42 Å². The summed E-state index contributed by atoms with van der Waals surface area (Å²) < 4.78 is 5.33. The fraction of sp³-hybridized carbons (Fsp3) is 0.667. The van der Waals surface area contributed by atoms with Gasteiger partial charge in [0.2, 0.25) is 0 Å². The van der Waals surface area contributed by atoms with E-state index in [4.69, 9.17) is 17.0 Å². The Bertz CT molecular complexity index is 654. The van der Waals surface area contributed by atoms with Crippen LogP contribution in [0.1, 0.15) is 47.0 Å². The molecule has 0 bridgehead atoms. The van der Waals surface area contributed by atoms with E-state index in [0.29, 0.717) is 17.3 Å². The third-order valence-corrected chi connectivity index (χ3v) is 6.29. The van der Waals surface area contributed by atoms with E-state index in [0.717, 1.165) is 56.0 Å². The predicted molar refractivity (Wildman–Crippen MR) is 110 cm³/mol. The van der Waals surface area contributed by atoms with Crippen LogP contribution in [0.15, 0.2) is 0 Å². The van der Waals surface area contributed by atoms with Crippen LogP contribution in [-0.4, -0.2) is 60.8 Å². The lowest BCUT2D eigenvalue weighted by Crippen LogP contribution is -2.53. The van der Waals surface area contributed by atoms with Crippen LogP contribution in [0.5, 0.6) is 0 Å². The van der Waals surface area contributed by atoms with Crippen molar-refractivity contribution in [2.24, 2.45) is 0 Å². The zero-order valence-electron chi connectivity index (χ0n) is 15.6. The molecule has 0 saturated carbocycles. The molecule has 3 rings (SSSR count). The summed E-state index contributed by atoms with van der Waals surface area (Å²) in [5.74, 6) is -0.239. The van der Waals surface area contributed by atoms with Crippen LogP contribution < -0.4 is 10.7 Å². The van der Waals surface area contributed by atoms with Crippen molar-refractivity contribution in [1.82, 2.24) is 15.3 Å². The highest BCUT2D eigenvalue weighted by Crippen LogP contribution is 2.38. The number of hydrogen-bond acceptors (Lipinski definition) is 6. The lowest BCUT2D eigenvalue weighted by molar-refractivity contribution is 0.0527. The highest BCUT2D eigenvalue weighted by atomic mass is 32.1. The summed E-state index contributed by atoms with van der Waals surface area (Å²) in [5, 5.41) is 6.75. The van der Waals surface area contributed by atoms with E-state index in [1.54, 1.807) is 11.3 Å². The number of piperazine rings is 1. The summed E-state index contributed by atoms with van der Waals surface area (Å²) in [7, 11) is 2.12. The quantitative estimate of drug-likeness (QED) is 0.461. The predicted octanol–water partition coefficient (Wildman–Crippen LogP) is 2.64. The molecule has 1 fully saturated rings. The molecule has 0 atom stereocenters. The minimum atomic E-state index is -0.239. The molecular weight excluding hydrogens is 368 g/mol. The number of esters is 1. The second-order valence-electron chi connectivity index (χ2n) is 6.85. The highest BCUT2D eigenvalue weighted by molar-refractivity contribution is 7.80. The van der Waals surface area contributed by atoms with Gasteiger partial charge in [-0.25, -0.2) is 9.80 Å². The van der Waals surface area contributed by atoms with Gasteiger partial charge in [-0.05, 0) is 57.4 Å². The maximum atomic E-state index is 12.6. The van der Waals surface area contributed by atoms with Gasteiger partial charge in [-0.3, -0.25) is 5.43 Å². The third kappa shape index (κ3) is 4.73. The zero-order valence-corrected chi connectivity index (χ0v) is 17.2. The number of carbonyl (C=O) groups excluding carboxylic acids is 1. The fourth-order valence-electron chi connectivity index (χ4n) is 3.44. The van der Waals surface area contributed by atoms with E-state index in [9.17, 15) is 4.79 Å². The monoisotopic (exact) mass is 396 g/mol. The molecule has 2 heterocycles. The van der Waals surface area contributed by atoms with E-state index in [1.165, 1.54) is 17.7 Å². The number of hydrazine groups is 1.